The lowest BCUT2D eigenvalue weighted by atomic mass is 9.90. The zero-order chi connectivity index (χ0) is 20.7. The number of rotatable bonds is 7. The summed E-state index contributed by atoms with van der Waals surface area (Å²) >= 11 is 7.17. The van der Waals surface area contributed by atoms with E-state index in [9.17, 15) is 14.9 Å². The Balaban J connectivity index is 2.04. The number of esters is 1. The van der Waals surface area contributed by atoms with Gasteiger partial charge in [0.25, 0.3) is 5.91 Å². The molecule has 0 spiro atoms. The van der Waals surface area contributed by atoms with Crippen molar-refractivity contribution in [2.75, 3.05) is 6.61 Å². The maximum Gasteiger partial charge on any atom is 0.341 e. The van der Waals surface area contributed by atoms with Gasteiger partial charge in [-0.1, -0.05) is 37.2 Å². The number of hydrogen-bond donors (Lipinski definition) is 1. The van der Waals surface area contributed by atoms with Crippen LogP contribution in [-0.4, -0.2) is 29.0 Å². The van der Waals surface area contributed by atoms with E-state index in [-0.39, 0.29) is 11.5 Å². The maximum atomic E-state index is 12.4. The summed E-state index contributed by atoms with van der Waals surface area (Å²) in [5, 5.41) is 12.9. The molecule has 0 aliphatic heterocycles. The van der Waals surface area contributed by atoms with Gasteiger partial charge in [-0.3, -0.25) is 4.79 Å². The molecular formula is C20H20ClN3O3S. The minimum absolute atomic E-state index is 0.0992. The van der Waals surface area contributed by atoms with Crippen molar-refractivity contribution in [2.45, 2.75) is 36.2 Å². The summed E-state index contributed by atoms with van der Waals surface area (Å²) in [5.41, 5.74) is -0.782. The second-order valence-electron chi connectivity index (χ2n) is 6.51. The highest BCUT2D eigenvalue weighted by molar-refractivity contribution is 7.99. The Labute approximate surface area is 173 Å². The predicted octanol–water partition coefficient (Wildman–Crippen LogP) is 4.10. The average molecular weight is 418 g/mol. The number of amides is 1. The van der Waals surface area contributed by atoms with Crippen molar-refractivity contribution in [3.8, 4) is 6.07 Å². The number of nitrogens with one attached hydrogen (secondary N) is 1. The van der Waals surface area contributed by atoms with Gasteiger partial charge in [0.1, 0.15) is 10.6 Å². The zero-order valence-electron chi connectivity index (χ0n) is 15.7. The van der Waals surface area contributed by atoms with Crippen LogP contribution in [0.25, 0.3) is 0 Å². The number of pyridine rings is 1. The Morgan fingerprint density at radius 3 is 2.61 bits per heavy atom. The molecule has 0 bridgehead atoms. The predicted molar refractivity (Wildman–Crippen MR) is 107 cm³/mol. The second kappa shape index (κ2) is 9.58. The minimum atomic E-state index is -1.03. The van der Waals surface area contributed by atoms with E-state index in [1.165, 1.54) is 11.8 Å². The summed E-state index contributed by atoms with van der Waals surface area (Å²) < 4.78 is 5.12. The molecule has 1 heterocycles. The van der Waals surface area contributed by atoms with Gasteiger partial charge in [-0.15, -0.1) is 0 Å². The van der Waals surface area contributed by atoms with Crippen LogP contribution in [0.1, 0.15) is 31.1 Å². The lowest BCUT2D eigenvalue weighted by Gasteiger charge is -2.27. The van der Waals surface area contributed by atoms with Crippen LogP contribution in [0.2, 0.25) is 5.02 Å². The van der Waals surface area contributed by atoms with Crippen molar-refractivity contribution in [3.63, 3.8) is 0 Å². The van der Waals surface area contributed by atoms with Crippen molar-refractivity contribution >= 4 is 35.2 Å². The molecule has 2 rings (SSSR count). The van der Waals surface area contributed by atoms with Crippen molar-refractivity contribution < 1.29 is 14.3 Å². The number of benzene rings is 1. The highest BCUT2D eigenvalue weighted by Crippen LogP contribution is 2.29. The summed E-state index contributed by atoms with van der Waals surface area (Å²) in [4.78, 5) is 29.6. The van der Waals surface area contributed by atoms with Crippen LogP contribution in [0, 0.1) is 17.2 Å². The zero-order valence-corrected chi connectivity index (χ0v) is 17.3. The average Bonchev–Trinajstić information content (AvgIpc) is 2.68. The molecule has 8 heteroatoms. The molecule has 146 valence electrons. The van der Waals surface area contributed by atoms with Crippen molar-refractivity contribution in [1.82, 2.24) is 10.3 Å². The van der Waals surface area contributed by atoms with E-state index in [2.05, 4.69) is 16.4 Å². The van der Waals surface area contributed by atoms with E-state index in [1.807, 2.05) is 26.0 Å². The summed E-state index contributed by atoms with van der Waals surface area (Å²) in [6.07, 6.45) is 1.57. The van der Waals surface area contributed by atoms with Gasteiger partial charge in [-0.05, 0) is 49.2 Å². The highest BCUT2D eigenvalue weighted by Gasteiger charge is 2.30. The lowest BCUT2D eigenvalue weighted by Crippen LogP contribution is -2.50. The first-order chi connectivity index (χ1) is 13.2. The molecule has 1 N–H and O–H groups in total. The Morgan fingerprint density at radius 1 is 1.32 bits per heavy atom. The fourth-order valence-electron chi connectivity index (χ4n) is 2.08. The molecule has 0 saturated carbocycles. The maximum absolute atomic E-state index is 12.4. The topological polar surface area (TPSA) is 92.1 Å². The first-order valence-corrected chi connectivity index (χ1v) is 9.72. The smallest absolute Gasteiger partial charge is 0.341 e. The number of hydrogen-bond acceptors (Lipinski definition) is 6. The molecule has 0 radical (unpaired) electrons. The molecule has 0 unspecified atom stereocenters. The molecule has 28 heavy (non-hydrogen) atoms. The van der Waals surface area contributed by atoms with E-state index in [0.29, 0.717) is 10.0 Å². The summed E-state index contributed by atoms with van der Waals surface area (Å²) in [7, 11) is 0. The fraction of sp³-hybridized carbons (Fsp3) is 0.300. The van der Waals surface area contributed by atoms with Crippen LogP contribution in [0.5, 0.6) is 0 Å². The Bertz CT molecular complexity index is 896. The largest absolute Gasteiger partial charge is 0.452 e. The van der Waals surface area contributed by atoms with Gasteiger partial charge in [-0.25, -0.2) is 9.78 Å². The third-order valence-electron chi connectivity index (χ3n) is 4.14. The molecule has 1 atom stereocenters. The van der Waals surface area contributed by atoms with Gasteiger partial charge >= 0.3 is 5.97 Å². The molecule has 2 aromatic rings. The van der Waals surface area contributed by atoms with E-state index in [1.54, 1.807) is 37.4 Å². The number of aromatic nitrogens is 1. The summed E-state index contributed by atoms with van der Waals surface area (Å²) in [5.74, 6) is -1.30. The number of carbonyl (C=O) groups excluding carboxylic acids is 2. The van der Waals surface area contributed by atoms with Crippen LogP contribution < -0.4 is 5.32 Å². The Morgan fingerprint density at radius 2 is 2.00 bits per heavy atom. The number of nitrogens with zero attached hydrogens (tertiary/aromatic N) is 2. The van der Waals surface area contributed by atoms with Crippen molar-refractivity contribution in [1.29, 1.82) is 5.26 Å². The van der Waals surface area contributed by atoms with Gasteiger partial charge in [0, 0.05) is 16.1 Å². The van der Waals surface area contributed by atoms with Crippen molar-refractivity contribution in [2.24, 2.45) is 5.92 Å². The number of ether oxygens (including phenoxy) is 1. The molecule has 0 fully saturated rings. The van der Waals surface area contributed by atoms with Gasteiger partial charge in [-0.2, -0.15) is 5.26 Å². The van der Waals surface area contributed by atoms with Crippen LogP contribution >= 0.6 is 23.4 Å². The monoisotopic (exact) mass is 417 g/mol. The standard InChI is InChI=1S/C20H20ClN3O3S/c1-13(2)20(3,12-22)24-17(25)11-27-19(26)16-5-4-10-23-18(16)28-15-8-6-14(21)7-9-15/h4-10,13H,11H2,1-3H3,(H,24,25)/t20-/m0/s1. The molecule has 1 aromatic heterocycles. The molecule has 1 aromatic carbocycles. The lowest BCUT2D eigenvalue weighted by molar-refractivity contribution is -0.125. The minimum Gasteiger partial charge on any atom is -0.452 e. The SMILES string of the molecule is CC(C)[C@](C)(C#N)NC(=O)COC(=O)c1cccnc1Sc1ccc(Cl)cc1. The molecule has 6 nitrogen and oxygen atoms in total. The summed E-state index contributed by atoms with van der Waals surface area (Å²) in [6.45, 7) is 4.79. The molecule has 0 aliphatic carbocycles. The van der Waals surface area contributed by atoms with E-state index in [4.69, 9.17) is 16.3 Å². The first-order valence-electron chi connectivity index (χ1n) is 8.53. The summed E-state index contributed by atoms with van der Waals surface area (Å²) in [6, 6.07) is 12.4. The molecular weight excluding hydrogens is 398 g/mol. The van der Waals surface area contributed by atoms with E-state index >= 15 is 0 Å². The van der Waals surface area contributed by atoms with Crippen molar-refractivity contribution in [3.05, 3.63) is 53.2 Å². The Hall–Kier alpha value is -2.56. The fourth-order valence-corrected chi connectivity index (χ4v) is 3.07. The second-order valence-corrected chi connectivity index (χ2v) is 8.00. The number of nitriles is 1. The van der Waals surface area contributed by atoms with E-state index in [0.717, 1.165) is 4.90 Å². The third-order valence-corrected chi connectivity index (χ3v) is 5.42. The van der Waals surface area contributed by atoms with Crippen LogP contribution in [0.3, 0.4) is 0 Å². The van der Waals surface area contributed by atoms with Gasteiger partial charge < -0.3 is 10.1 Å². The van der Waals surface area contributed by atoms with Gasteiger partial charge in [0.15, 0.2) is 6.61 Å². The van der Waals surface area contributed by atoms with E-state index < -0.39 is 24.0 Å². The van der Waals surface area contributed by atoms with Gasteiger partial charge in [0.2, 0.25) is 0 Å². The highest BCUT2D eigenvalue weighted by atomic mass is 35.5. The number of halogens is 1. The quantitative estimate of drug-likeness (QED) is 0.682. The molecule has 0 saturated heterocycles. The van der Waals surface area contributed by atoms with Gasteiger partial charge in [0.05, 0.1) is 11.6 Å². The Kier molecular flexibility index (Phi) is 7.44. The third kappa shape index (κ3) is 5.72. The molecule has 1 amide bonds. The molecule has 0 aliphatic rings. The van der Waals surface area contributed by atoms with Crippen LogP contribution in [0.15, 0.2) is 52.5 Å². The first kappa shape index (κ1) is 21.7. The number of carbonyl (C=O) groups is 2. The van der Waals surface area contributed by atoms with Crippen LogP contribution in [-0.2, 0) is 9.53 Å². The normalized spacial score (nSPS) is 12.7. The van der Waals surface area contributed by atoms with Crippen LogP contribution in [0.4, 0.5) is 0 Å².